The number of ether oxygens (including phenoxy) is 2. The van der Waals surface area contributed by atoms with Gasteiger partial charge < -0.3 is 9.47 Å². The smallest absolute Gasteiger partial charge is 0.323 e. The molecule has 0 aliphatic carbocycles. The van der Waals surface area contributed by atoms with Gasteiger partial charge in [-0.1, -0.05) is 60.3 Å². The molecule has 3 rings (SSSR count). The molecule has 29 heavy (non-hydrogen) atoms. The summed E-state index contributed by atoms with van der Waals surface area (Å²) in [7, 11) is 1.35. The van der Waals surface area contributed by atoms with Crippen molar-refractivity contribution in [3.05, 3.63) is 84.5 Å². The molecular formula is C21H20FN3O3S. The van der Waals surface area contributed by atoms with E-state index in [0.717, 1.165) is 5.56 Å². The molecule has 8 heteroatoms. The molecule has 0 aliphatic heterocycles. The lowest BCUT2D eigenvalue weighted by molar-refractivity contribution is -0.140. The number of esters is 1. The summed E-state index contributed by atoms with van der Waals surface area (Å²) in [5.74, 6) is -0.218. The molecule has 3 aromatic rings. The molecule has 0 saturated carbocycles. The van der Waals surface area contributed by atoms with E-state index >= 15 is 0 Å². The Hall–Kier alpha value is -3.13. The van der Waals surface area contributed by atoms with E-state index in [1.54, 1.807) is 28.8 Å². The first-order valence-electron chi connectivity index (χ1n) is 8.83. The number of hydrogen-bond donors (Lipinski definition) is 0. The number of hydrogen-bond acceptors (Lipinski definition) is 6. The number of halogens is 1. The first-order chi connectivity index (χ1) is 14.1. The van der Waals surface area contributed by atoms with E-state index < -0.39 is 17.0 Å². The third-order valence-corrected chi connectivity index (χ3v) is 5.25. The average Bonchev–Trinajstić information content (AvgIpc) is 3.13. The number of carbonyl (C=O) groups is 1. The van der Waals surface area contributed by atoms with Crippen LogP contribution in [0.1, 0.15) is 16.6 Å². The SMILES string of the molecule is C=CCn1c(COc2ccccc2F)nnc1SC(C(=O)OC)c1ccccc1. The Bertz CT molecular complexity index is 978. The van der Waals surface area contributed by atoms with Gasteiger partial charge in [-0.2, -0.15) is 0 Å². The van der Waals surface area contributed by atoms with E-state index in [4.69, 9.17) is 9.47 Å². The summed E-state index contributed by atoms with van der Waals surface area (Å²) in [4.78, 5) is 12.4. The lowest BCUT2D eigenvalue weighted by atomic mass is 10.1. The van der Waals surface area contributed by atoms with Crippen LogP contribution in [0.2, 0.25) is 0 Å². The second-order valence-electron chi connectivity index (χ2n) is 5.95. The quantitative estimate of drug-likeness (QED) is 0.298. The van der Waals surface area contributed by atoms with Gasteiger partial charge in [0.1, 0.15) is 11.9 Å². The number of benzene rings is 2. The zero-order valence-electron chi connectivity index (χ0n) is 15.8. The minimum absolute atomic E-state index is 0.0244. The molecule has 0 aliphatic rings. The Labute approximate surface area is 172 Å². The predicted octanol–water partition coefficient (Wildman–Crippen LogP) is 4.19. The van der Waals surface area contributed by atoms with Gasteiger partial charge in [-0.05, 0) is 17.7 Å². The number of rotatable bonds is 9. The van der Waals surface area contributed by atoms with Crippen LogP contribution in [0.3, 0.4) is 0 Å². The van der Waals surface area contributed by atoms with E-state index in [2.05, 4.69) is 16.8 Å². The fraction of sp³-hybridized carbons (Fsp3) is 0.190. The molecule has 0 fully saturated rings. The first kappa shape index (κ1) is 20.6. The summed E-state index contributed by atoms with van der Waals surface area (Å²) >= 11 is 1.22. The lowest BCUT2D eigenvalue weighted by Gasteiger charge is -2.15. The maximum Gasteiger partial charge on any atom is 0.323 e. The molecule has 1 aromatic heterocycles. The Kier molecular flexibility index (Phi) is 7.02. The standard InChI is InChI=1S/C21H20FN3O3S/c1-3-13-25-18(14-28-17-12-8-7-11-16(17)22)23-24-21(25)29-19(20(26)27-2)15-9-5-4-6-10-15/h3-12,19H,1,13-14H2,2H3. The number of para-hydroxylation sites is 1. The first-order valence-corrected chi connectivity index (χ1v) is 9.71. The largest absolute Gasteiger partial charge is 0.483 e. The second kappa shape index (κ2) is 9.88. The van der Waals surface area contributed by atoms with E-state index in [-0.39, 0.29) is 12.4 Å². The zero-order valence-corrected chi connectivity index (χ0v) is 16.6. The van der Waals surface area contributed by atoms with Gasteiger partial charge in [0.2, 0.25) is 0 Å². The lowest BCUT2D eigenvalue weighted by Crippen LogP contribution is -2.13. The highest BCUT2D eigenvalue weighted by Gasteiger charge is 2.26. The summed E-state index contributed by atoms with van der Waals surface area (Å²) in [6.07, 6.45) is 1.69. The molecular weight excluding hydrogens is 393 g/mol. The molecule has 1 atom stereocenters. The zero-order chi connectivity index (χ0) is 20.6. The Morgan fingerprint density at radius 2 is 1.93 bits per heavy atom. The number of aromatic nitrogens is 3. The molecule has 2 aromatic carbocycles. The number of methoxy groups -OCH3 is 1. The number of nitrogens with zero attached hydrogens (tertiary/aromatic N) is 3. The van der Waals surface area contributed by atoms with Crippen LogP contribution in [0, 0.1) is 5.82 Å². The van der Waals surface area contributed by atoms with Crippen molar-refractivity contribution in [1.29, 1.82) is 0 Å². The molecule has 1 heterocycles. The van der Waals surface area contributed by atoms with Gasteiger partial charge >= 0.3 is 5.97 Å². The van der Waals surface area contributed by atoms with E-state index in [0.29, 0.717) is 17.5 Å². The molecule has 1 unspecified atom stereocenters. The van der Waals surface area contributed by atoms with Gasteiger partial charge in [0.25, 0.3) is 0 Å². The van der Waals surface area contributed by atoms with E-state index in [1.807, 2.05) is 30.3 Å². The van der Waals surface area contributed by atoms with Crippen LogP contribution in [0.4, 0.5) is 4.39 Å². The van der Waals surface area contributed by atoms with Crippen LogP contribution in [0.15, 0.2) is 72.4 Å². The normalized spacial score (nSPS) is 11.7. The monoisotopic (exact) mass is 413 g/mol. The Morgan fingerprint density at radius 1 is 1.21 bits per heavy atom. The van der Waals surface area contributed by atoms with Crippen LogP contribution >= 0.6 is 11.8 Å². The van der Waals surface area contributed by atoms with Crippen LogP contribution in [0.5, 0.6) is 5.75 Å². The summed E-state index contributed by atoms with van der Waals surface area (Å²) in [5, 5.41) is 8.26. The van der Waals surface area contributed by atoms with E-state index in [9.17, 15) is 9.18 Å². The average molecular weight is 413 g/mol. The summed E-state index contributed by atoms with van der Waals surface area (Å²) < 4.78 is 26.1. The van der Waals surface area contributed by atoms with Gasteiger partial charge in [-0.15, -0.1) is 16.8 Å². The maximum absolute atomic E-state index is 13.8. The molecule has 0 saturated heterocycles. The minimum Gasteiger partial charge on any atom is -0.483 e. The molecule has 0 bridgehead atoms. The highest BCUT2D eigenvalue weighted by Crippen LogP contribution is 2.35. The minimum atomic E-state index is -0.602. The topological polar surface area (TPSA) is 66.2 Å². The molecule has 6 nitrogen and oxygen atoms in total. The summed E-state index contributed by atoms with van der Waals surface area (Å²) in [5.41, 5.74) is 0.793. The van der Waals surface area contributed by atoms with Crippen LogP contribution in [0.25, 0.3) is 0 Å². The molecule has 150 valence electrons. The highest BCUT2D eigenvalue weighted by molar-refractivity contribution is 8.00. The maximum atomic E-state index is 13.8. The fourth-order valence-electron chi connectivity index (χ4n) is 2.62. The van der Waals surface area contributed by atoms with Crippen molar-refractivity contribution in [1.82, 2.24) is 14.8 Å². The van der Waals surface area contributed by atoms with Crippen LogP contribution in [-0.4, -0.2) is 27.8 Å². The van der Waals surface area contributed by atoms with Gasteiger partial charge in [0, 0.05) is 6.54 Å². The Morgan fingerprint density at radius 3 is 2.62 bits per heavy atom. The van der Waals surface area contributed by atoms with Crippen molar-refractivity contribution in [3.8, 4) is 5.75 Å². The highest BCUT2D eigenvalue weighted by atomic mass is 32.2. The van der Waals surface area contributed by atoms with Crippen LogP contribution in [-0.2, 0) is 22.7 Å². The van der Waals surface area contributed by atoms with Crippen molar-refractivity contribution < 1.29 is 18.7 Å². The Balaban J connectivity index is 1.84. The van der Waals surface area contributed by atoms with Gasteiger partial charge in [0.15, 0.2) is 22.5 Å². The van der Waals surface area contributed by atoms with Crippen molar-refractivity contribution in [2.45, 2.75) is 23.6 Å². The second-order valence-corrected chi connectivity index (χ2v) is 7.02. The van der Waals surface area contributed by atoms with Crippen molar-refractivity contribution >= 4 is 17.7 Å². The van der Waals surface area contributed by atoms with Gasteiger partial charge in [-0.3, -0.25) is 9.36 Å². The molecule has 0 radical (unpaired) electrons. The van der Waals surface area contributed by atoms with Gasteiger partial charge in [0.05, 0.1) is 7.11 Å². The summed E-state index contributed by atoms with van der Waals surface area (Å²) in [6.45, 7) is 4.20. The number of thioether (sulfide) groups is 1. The fourth-order valence-corrected chi connectivity index (χ4v) is 3.71. The molecule has 0 N–H and O–H groups in total. The van der Waals surface area contributed by atoms with Crippen molar-refractivity contribution in [3.63, 3.8) is 0 Å². The predicted molar refractivity (Wildman–Crippen MR) is 108 cm³/mol. The third-order valence-electron chi connectivity index (χ3n) is 4.04. The van der Waals surface area contributed by atoms with E-state index in [1.165, 1.54) is 24.9 Å². The molecule has 0 spiro atoms. The third kappa shape index (κ3) is 5.03. The summed E-state index contributed by atoms with van der Waals surface area (Å²) in [6, 6.07) is 15.4. The molecule has 0 amide bonds. The van der Waals surface area contributed by atoms with Crippen molar-refractivity contribution in [2.75, 3.05) is 7.11 Å². The number of allylic oxidation sites excluding steroid dienone is 1. The van der Waals surface area contributed by atoms with Crippen molar-refractivity contribution in [2.24, 2.45) is 0 Å². The van der Waals surface area contributed by atoms with Crippen LogP contribution < -0.4 is 4.74 Å². The number of carbonyl (C=O) groups excluding carboxylic acids is 1. The van der Waals surface area contributed by atoms with Gasteiger partial charge in [-0.25, -0.2) is 4.39 Å².